The molecule has 1 aliphatic heterocycles. The van der Waals surface area contributed by atoms with Crippen LogP contribution in [0.15, 0.2) is 0 Å². The molecule has 5 heteroatoms. The van der Waals surface area contributed by atoms with Crippen LogP contribution in [0.25, 0.3) is 0 Å². The first-order valence-electron chi connectivity index (χ1n) is 6.70. The van der Waals surface area contributed by atoms with Gasteiger partial charge in [-0.15, -0.1) is 23.5 Å². The maximum absolute atomic E-state index is 11.3. The van der Waals surface area contributed by atoms with E-state index in [2.05, 4.69) is 0 Å². The summed E-state index contributed by atoms with van der Waals surface area (Å²) in [4.78, 5) is 11.3. The van der Waals surface area contributed by atoms with Gasteiger partial charge in [-0.05, 0) is 25.7 Å². The number of thioether (sulfide) groups is 2. The summed E-state index contributed by atoms with van der Waals surface area (Å²) in [6.45, 7) is 1.42. The Morgan fingerprint density at radius 2 is 2.11 bits per heavy atom. The van der Waals surface area contributed by atoms with Gasteiger partial charge in [0.15, 0.2) is 0 Å². The molecule has 0 radical (unpaired) electrons. The standard InChI is InChI=1S/C13H22O3S2/c1-10(15)16-13(9-14)5-3-2-4-11(13)8-12-17-6-7-18-12/h11-12,14H,2-9H2,1H3. The number of ether oxygens (including phenoxy) is 1. The predicted octanol–water partition coefficient (Wildman–Crippen LogP) is 2.67. The van der Waals surface area contributed by atoms with Gasteiger partial charge in [0, 0.05) is 24.3 Å². The molecule has 0 aromatic heterocycles. The molecule has 2 unspecified atom stereocenters. The van der Waals surface area contributed by atoms with Gasteiger partial charge < -0.3 is 9.84 Å². The van der Waals surface area contributed by atoms with Crippen molar-refractivity contribution in [1.82, 2.24) is 0 Å². The van der Waals surface area contributed by atoms with Crippen molar-refractivity contribution in [3.05, 3.63) is 0 Å². The highest BCUT2D eigenvalue weighted by Crippen LogP contribution is 2.45. The SMILES string of the molecule is CC(=O)OC1(CO)CCCCC1CC1SCCS1. The Morgan fingerprint density at radius 3 is 2.72 bits per heavy atom. The maximum atomic E-state index is 11.3. The average molecular weight is 290 g/mol. The molecule has 0 amide bonds. The second-order valence-corrected chi connectivity index (χ2v) is 8.09. The van der Waals surface area contributed by atoms with Crippen LogP contribution in [0.5, 0.6) is 0 Å². The third-order valence-corrected chi connectivity index (χ3v) is 7.01. The van der Waals surface area contributed by atoms with Crippen LogP contribution >= 0.6 is 23.5 Å². The number of carbonyl (C=O) groups is 1. The Labute approximate surface area is 117 Å². The zero-order valence-corrected chi connectivity index (χ0v) is 12.5. The molecule has 2 fully saturated rings. The fourth-order valence-electron chi connectivity index (χ4n) is 3.05. The van der Waals surface area contributed by atoms with E-state index in [1.165, 1.54) is 24.9 Å². The first kappa shape index (κ1) is 14.5. The Bertz CT molecular complexity index is 292. The van der Waals surface area contributed by atoms with Crippen LogP contribution in [0.3, 0.4) is 0 Å². The zero-order valence-electron chi connectivity index (χ0n) is 10.9. The first-order chi connectivity index (χ1) is 8.66. The Kier molecular flexibility index (Phi) is 5.27. The molecule has 1 saturated carbocycles. The van der Waals surface area contributed by atoms with E-state index in [0.717, 1.165) is 25.7 Å². The van der Waals surface area contributed by atoms with Crippen molar-refractivity contribution in [2.24, 2.45) is 5.92 Å². The van der Waals surface area contributed by atoms with Gasteiger partial charge in [-0.1, -0.05) is 6.42 Å². The van der Waals surface area contributed by atoms with Crippen LogP contribution < -0.4 is 0 Å². The number of esters is 1. The van der Waals surface area contributed by atoms with Crippen LogP contribution in [-0.4, -0.2) is 39.4 Å². The summed E-state index contributed by atoms with van der Waals surface area (Å²) < 4.78 is 6.16. The molecule has 1 heterocycles. The summed E-state index contributed by atoms with van der Waals surface area (Å²) in [6.07, 6.45) is 5.19. The molecule has 0 bridgehead atoms. The number of hydrogen-bond acceptors (Lipinski definition) is 5. The van der Waals surface area contributed by atoms with E-state index < -0.39 is 5.60 Å². The van der Waals surface area contributed by atoms with E-state index in [-0.39, 0.29) is 12.6 Å². The molecule has 0 aromatic rings. The normalized spacial score (nSPS) is 33.6. The van der Waals surface area contributed by atoms with E-state index in [1.807, 2.05) is 23.5 Å². The van der Waals surface area contributed by atoms with Gasteiger partial charge >= 0.3 is 5.97 Å². The lowest BCUT2D eigenvalue weighted by Gasteiger charge is -2.42. The molecule has 0 aromatic carbocycles. The first-order valence-corrected chi connectivity index (χ1v) is 8.80. The van der Waals surface area contributed by atoms with Gasteiger partial charge in [0.2, 0.25) is 0 Å². The Balaban J connectivity index is 2.04. The lowest BCUT2D eigenvalue weighted by atomic mass is 9.74. The molecule has 3 nitrogen and oxygen atoms in total. The van der Waals surface area contributed by atoms with Crippen LogP contribution in [-0.2, 0) is 9.53 Å². The van der Waals surface area contributed by atoms with E-state index in [0.29, 0.717) is 10.5 Å². The second kappa shape index (κ2) is 6.53. The van der Waals surface area contributed by atoms with Gasteiger partial charge in [-0.3, -0.25) is 4.79 Å². The molecule has 2 rings (SSSR count). The van der Waals surface area contributed by atoms with Crippen molar-refractivity contribution in [2.75, 3.05) is 18.1 Å². The summed E-state index contributed by atoms with van der Waals surface area (Å²) in [5, 5.41) is 9.74. The van der Waals surface area contributed by atoms with Crippen LogP contribution in [0.1, 0.15) is 39.0 Å². The third kappa shape index (κ3) is 3.36. The van der Waals surface area contributed by atoms with Crippen molar-refractivity contribution in [3.63, 3.8) is 0 Å². The zero-order chi connectivity index (χ0) is 13.0. The van der Waals surface area contributed by atoms with Crippen molar-refractivity contribution in [1.29, 1.82) is 0 Å². The van der Waals surface area contributed by atoms with E-state index in [1.54, 1.807) is 0 Å². The number of carbonyl (C=O) groups excluding carboxylic acids is 1. The molecule has 2 atom stereocenters. The molecule has 18 heavy (non-hydrogen) atoms. The average Bonchev–Trinajstić information content (AvgIpc) is 2.84. The third-order valence-electron chi connectivity index (χ3n) is 3.93. The van der Waals surface area contributed by atoms with Gasteiger partial charge in [0.05, 0.1) is 11.2 Å². The van der Waals surface area contributed by atoms with Gasteiger partial charge in [0.25, 0.3) is 0 Å². The number of rotatable bonds is 4. The summed E-state index contributed by atoms with van der Waals surface area (Å²) in [6, 6.07) is 0. The highest BCUT2D eigenvalue weighted by Gasteiger charge is 2.44. The maximum Gasteiger partial charge on any atom is 0.303 e. The Morgan fingerprint density at radius 1 is 1.39 bits per heavy atom. The van der Waals surface area contributed by atoms with Crippen molar-refractivity contribution >= 4 is 29.5 Å². The number of aliphatic hydroxyl groups is 1. The highest BCUT2D eigenvalue weighted by atomic mass is 32.2. The predicted molar refractivity (Wildman–Crippen MR) is 76.9 cm³/mol. The Hall–Kier alpha value is 0.130. The fourth-order valence-corrected chi connectivity index (χ4v) is 6.05. The fraction of sp³-hybridized carbons (Fsp3) is 0.923. The molecule has 1 aliphatic carbocycles. The molecular formula is C13H22O3S2. The van der Waals surface area contributed by atoms with E-state index >= 15 is 0 Å². The summed E-state index contributed by atoms with van der Waals surface area (Å²) in [5.74, 6) is 2.51. The summed E-state index contributed by atoms with van der Waals surface area (Å²) in [5.41, 5.74) is -0.603. The monoisotopic (exact) mass is 290 g/mol. The highest BCUT2D eigenvalue weighted by molar-refractivity contribution is 8.20. The van der Waals surface area contributed by atoms with Gasteiger partial charge in [0.1, 0.15) is 5.60 Å². The van der Waals surface area contributed by atoms with Crippen LogP contribution in [0.4, 0.5) is 0 Å². The minimum atomic E-state index is -0.603. The number of aliphatic hydroxyl groups excluding tert-OH is 1. The summed E-state index contributed by atoms with van der Waals surface area (Å²) >= 11 is 4.01. The van der Waals surface area contributed by atoms with E-state index in [9.17, 15) is 9.90 Å². The lowest BCUT2D eigenvalue weighted by molar-refractivity contribution is -0.175. The van der Waals surface area contributed by atoms with E-state index in [4.69, 9.17) is 4.74 Å². The molecule has 1 saturated heterocycles. The second-order valence-electron chi connectivity index (χ2n) is 5.17. The molecular weight excluding hydrogens is 268 g/mol. The van der Waals surface area contributed by atoms with Crippen LogP contribution in [0.2, 0.25) is 0 Å². The van der Waals surface area contributed by atoms with Gasteiger partial charge in [-0.2, -0.15) is 0 Å². The van der Waals surface area contributed by atoms with Crippen molar-refractivity contribution in [3.8, 4) is 0 Å². The van der Waals surface area contributed by atoms with Gasteiger partial charge in [-0.25, -0.2) is 0 Å². The quantitative estimate of drug-likeness (QED) is 0.807. The largest absolute Gasteiger partial charge is 0.457 e. The minimum absolute atomic E-state index is 0.0285. The smallest absolute Gasteiger partial charge is 0.303 e. The minimum Gasteiger partial charge on any atom is -0.457 e. The number of hydrogen-bond donors (Lipinski definition) is 1. The molecule has 1 N–H and O–H groups in total. The molecule has 104 valence electrons. The molecule has 0 spiro atoms. The van der Waals surface area contributed by atoms with Crippen molar-refractivity contribution in [2.45, 2.75) is 49.2 Å². The lowest BCUT2D eigenvalue weighted by Crippen LogP contribution is -2.48. The molecule has 2 aliphatic rings. The summed E-state index contributed by atoms with van der Waals surface area (Å²) in [7, 11) is 0. The topological polar surface area (TPSA) is 46.5 Å². The van der Waals surface area contributed by atoms with Crippen LogP contribution in [0, 0.1) is 5.92 Å². The van der Waals surface area contributed by atoms with Crippen molar-refractivity contribution < 1.29 is 14.6 Å².